The SMILES string of the molecule is CC(C)OCCc1ccccc1F. The van der Waals surface area contributed by atoms with Crippen molar-refractivity contribution in [2.75, 3.05) is 6.61 Å². The lowest BCUT2D eigenvalue weighted by molar-refractivity contribution is 0.0809. The van der Waals surface area contributed by atoms with Gasteiger partial charge >= 0.3 is 0 Å². The lowest BCUT2D eigenvalue weighted by Gasteiger charge is -2.07. The standard InChI is InChI=1S/C11H15FO/c1-9(2)13-8-7-10-5-3-4-6-11(10)12/h3-6,9H,7-8H2,1-2H3. The van der Waals surface area contributed by atoms with Crippen LogP contribution >= 0.6 is 0 Å². The molecule has 1 aromatic rings. The van der Waals surface area contributed by atoms with Gasteiger partial charge in [0.05, 0.1) is 12.7 Å². The molecular formula is C11H15FO. The number of hydrogen-bond acceptors (Lipinski definition) is 1. The van der Waals surface area contributed by atoms with Crippen LogP contribution in [-0.4, -0.2) is 12.7 Å². The second kappa shape index (κ2) is 4.97. The van der Waals surface area contributed by atoms with Gasteiger partial charge < -0.3 is 4.74 Å². The molecule has 0 radical (unpaired) electrons. The molecule has 0 aromatic heterocycles. The fraction of sp³-hybridized carbons (Fsp3) is 0.455. The Morgan fingerprint density at radius 3 is 2.62 bits per heavy atom. The van der Waals surface area contributed by atoms with Gasteiger partial charge in [-0.05, 0) is 31.9 Å². The van der Waals surface area contributed by atoms with Gasteiger partial charge in [-0.15, -0.1) is 0 Å². The molecule has 0 spiro atoms. The van der Waals surface area contributed by atoms with Gasteiger partial charge in [-0.1, -0.05) is 18.2 Å². The van der Waals surface area contributed by atoms with Crippen LogP contribution in [0.3, 0.4) is 0 Å². The molecule has 0 N–H and O–H groups in total. The van der Waals surface area contributed by atoms with Gasteiger partial charge in [-0.2, -0.15) is 0 Å². The van der Waals surface area contributed by atoms with Crippen molar-refractivity contribution in [2.24, 2.45) is 0 Å². The van der Waals surface area contributed by atoms with Crippen LogP contribution in [0.2, 0.25) is 0 Å². The Morgan fingerprint density at radius 1 is 1.31 bits per heavy atom. The van der Waals surface area contributed by atoms with Crippen LogP contribution in [0.15, 0.2) is 24.3 Å². The summed E-state index contributed by atoms with van der Waals surface area (Å²) in [6.45, 7) is 4.53. The minimum absolute atomic E-state index is 0.144. The van der Waals surface area contributed by atoms with Crippen molar-refractivity contribution >= 4 is 0 Å². The molecule has 0 saturated carbocycles. The molecule has 0 aliphatic heterocycles. The van der Waals surface area contributed by atoms with Crippen molar-refractivity contribution in [3.8, 4) is 0 Å². The summed E-state index contributed by atoms with van der Waals surface area (Å²) in [5, 5.41) is 0. The summed E-state index contributed by atoms with van der Waals surface area (Å²) >= 11 is 0. The third-order valence-corrected chi connectivity index (χ3v) is 1.78. The van der Waals surface area contributed by atoms with Crippen LogP contribution in [0, 0.1) is 5.82 Å². The van der Waals surface area contributed by atoms with Crippen LogP contribution in [-0.2, 0) is 11.2 Å². The van der Waals surface area contributed by atoms with Gasteiger partial charge in [-0.3, -0.25) is 0 Å². The highest BCUT2D eigenvalue weighted by molar-refractivity contribution is 5.17. The van der Waals surface area contributed by atoms with Crippen molar-refractivity contribution in [2.45, 2.75) is 26.4 Å². The van der Waals surface area contributed by atoms with Gasteiger partial charge in [0.1, 0.15) is 5.82 Å². The average Bonchev–Trinajstić information content (AvgIpc) is 2.08. The number of rotatable bonds is 4. The van der Waals surface area contributed by atoms with Gasteiger partial charge in [0, 0.05) is 0 Å². The first kappa shape index (κ1) is 10.2. The predicted octanol–water partition coefficient (Wildman–Crippen LogP) is 2.79. The summed E-state index contributed by atoms with van der Waals surface area (Å²) in [6.07, 6.45) is 0.858. The maximum atomic E-state index is 13.1. The van der Waals surface area contributed by atoms with Crippen molar-refractivity contribution < 1.29 is 9.13 Å². The maximum absolute atomic E-state index is 13.1. The highest BCUT2D eigenvalue weighted by atomic mass is 19.1. The topological polar surface area (TPSA) is 9.23 Å². The molecular weight excluding hydrogens is 167 g/mol. The quantitative estimate of drug-likeness (QED) is 0.695. The zero-order chi connectivity index (χ0) is 9.68. The molecule has 0 atom stereocenters. The summed E-state index contributed by atoms with van der Waals surface area (Å²) in [4.78, 5) is 0. The van der Waals surface area contributed by atoms with Crippen LogP contribution in [0.25, 0.3) is 0 Å². The molecule has 0 saturated heterocycles. The Morgan fingerprint density at radius 2 is 2.00 bits per heavy atom. The minimum atomic E-state index is -0.144. The highest BCUT2D eigenvalue weighted by Gasteiger charge is 2.00. The number of ether oxygens (including phenoxy) is 1. The van der Waals surface area contributed by atoms with Gasteiger partial charge in [0.15, 0.2) is 0 Å². The fourth-order valence-electron chi connectivity index (χ4n) is 1.11. The van der Waals surface area contributed by atoms with E-state index in [2.05, 4.69) is 0 Å². The zero-order valence-electron chi connectivity index (χ0n) is 8.09. The molecule has 0 fully saturated rings. The van der Waals surface area contributed by atoms with E-state index in [9.17, 15) is 4.39 Å². The predicted molar refractivity (Wildman–Crippen MR) is 51.2 cm³/mol. The molecule has 0 amide bonds. The lowest BCUT2D eigenvalue weighted by atomic mass is 10.1. The Balaban J connectivity index is 2.41. The van der Waals surface area contributed by atoms with E-state index in [1.54, 1.807) is 12.1 Å². The molecule has 2 heteroatoms. The molecule has 1 aromatic carbocycles. The maximum Gasteiger partial charge on any atom is 0.126 e. The van der Waals surface area contributed by atoms with Crippen molar-refractivity contribution in [1.29, 1.82) is 0 Å². The summed E-state index contributed by atoms with van der Waals surface area (Å²) < 4.78 is 18.4. The van der Waals surface area contributed by atoms with Crippen LogP contribution < -0.4 is 0 Å². The van der Waals surface area contributed by atoms with Gasteiger partial charge in [-0.25, -0.2) is 4.39 Å². The van der Waals surface area contributed by atoms with Gasteiger partial charge in [0.25, 0.3) is 0 Å². The average molecular weight is 182 g/mol. The lowest BCUT2D eigenvalue weighted by Crippen LogP contribution is -2.06. The second-order valence-electron chi connectivity index (χ2n) is 3.26. The van der Waals surface area contributed by atoms with Gasteiger partial charge in [0.2, 0.25) is 0 Å². The van der Waals surface area contributed by atoms with E-state index >= 15 is 0 Å². The fourth-order valence-corrected chi connectivity index (χ4v) is 1.11. The number of hydrogen-bond donors (Lipinski definition) is 0. The molecule has 0 unspecified atom stereocenters. The van der Waals surface area contributed by atoms with Crippen molar-refractivity contribution in [3.05, 3.63) is 35.6 Å². The molecule has 0 bridgehead atoms. The highest BCUT2D eigenvalue weighted by Crippen LogP contribution is 2.07. The van der Waals surface area contributed by atoms with E-state index in [-0.39, 0.29) is 11.9 Å². The zero-order valence-corrected chi connectivity index (χ0v) is 8.09. The largest absolute Gasteiger partial charge is 0.378 e. The summed E-state index contributed by atoms with van der Waals surface area (Å²) in [6, 6.07) is 6.81. The molecule has 0 heterocycles. The Kier molecular flexibility index (Phi) is 3.90. The van der Waals surface area contributed by atoms with E-state index in [1.165, 1.54) is 6.07 Å². The molecule has 13 heavy (non-hydrogen) atoms. The second-order valence-corrected chi connectivity index (χ2v) is 3.26. The number of benzene rings is 1. The molecule has 72 valence electrons. The molecule has 1 nitrogen and oxygen atoms in total. The van der Waals surface area contributed by atoms with E-state index in [1.807, 2.05) is 19.9 Å². The summed E-state index contributed by atoms with van der Waals surface area (Å²) in [7, 11) is 0. The monoisotopic (exact) mass is 182 g/mol. The Bertz CT molecular complexity index is 258. The first-order valence-electron chi connectivity index (χ1n) is 4.55. The first-order valence-corrected chi connectivity index (χ1v) is 4.55. The van der Waals surface area contributed by atoms with Crippen molar-refractivity contribution in [1.82, 2.24) is 0 Å². The first-order chi connectivity index (χ1) is 6.20. The number of halogens is 1. The summed E-state index contributed by atoms with van der Waals surface area (Å²) in [5.41, 5.74) is 0.725. The third-order valence-electron chi connectivity index (χ3n) is 1.78. The molecule has 1 rings (SSSR count). The molecule has 0 aliphatic carbocycles. The van der Waals surface area contributed by atoms with E-state index < -0.39 is 0 Å². The van der Waals surface area contributed by atoms with E-state index in [0.717, 1.165) is 5.56 Å². The Hall–Kier alpha value is -0.890. The smallest absolute Gasteiger partial charge is 0.126 e. The molecule has 0 aliphatic rings. The van der Waals surface area contributed by atoms with Crippen LogP contribution in [0.4, 0.5) is 4.39 Å². The van der Waals surface area contributed by atoms with Crippen LogP contribution in [0.1, 0.15) is 19.4 Å². The Labute approximate surface area is 78.5 Å². The van der Waals surface area contributed by atoms with E-state index in [0.29, 0.717) is 13.0 Å². The van der Waals surface area contributed by atoms with Crippen LogP contribution in [0.5, 0.6) is 0 Å². The normalized spacial score (nSPS) is 10.8. The van der Waals surface area contributed by atoms with Crippen molar-refractivity contribution in [3.63, 3.8) is 0 Å². The summed E-state index contributed by atoms with van der Waals surface area (Å²) in [5.74, 6) is -0.144. The third kappa shape index (κ3) is 3.55. The van der Waals surface area contributed by atoms with E-state index in [4.69, 9.17) is 4.74 Å². The minimum Gasteiger partial charge on any atom is -0.378 e.